The molecule has 2 unspecified atom stereocenters. The Balaban J connectivity index is 2.44. The van der Waals surface area contributed by atoms with Crippen molar-refractivity contribution in [3.8, 4) is 0 Å². The van der Waals surface area contributed by atoms with Crippen LogP contribution in [-0.4, -0.2) is 37.6 Å². The molecule has 1 heterocycles. The van der Waals surface area contributed by atoms with E-state index in [0.29, 0.717) is 5.41 Å². The van der Waals surface area contributed by atoms with Crippen molar-refractivity contribution in [1.82, 2.24) is 10.2 Å². The maximum Gasteiger partial charge on any atom is 0.00193 e. The second-order valence-electron chi connectivity index (χ2n) is 6.69. The highest BCUT2D eigenvalue weighted by molar-refractivity contribution is 4.76. The monoisotopic (exact) mass is 226 g/mol. The number of nitrogens with zero attached hydrogens (tertiary/aromatic N) is 1. The van der Waals surface area contributed by atoms with Gasteiger partial charge in [-0.1, -0.05) is 34.6 Å². The van der Waals surface area contributed by atoms with Crippen LogP contribution in [0.5, 0.6) is 0 Å². The first-order valence-electron chi connectivity index (χ1n) is 6.82. The Bertz CT molecular complexity index is 195. The number of rotatable bonds is 2. The molecule has 0 bridgehead atoms. The molecule has 1 N–H and O–H groups in total. The summed E-state index contributed by atoms with van der Waals surface area (Å²) in [6, 6.07) is 0. The average molecular weight is 226 g/mol. The highest BCUT2D eigenvalue weighted by Gasteiger charge is 2.23. The van der Waals surface area contributed by atoms with Crippen molar-refractivity contribution in [2.75, 3.05) is 32.7 Å². The predicted molar refractivity (Wildman–Crippen MR) is 71.7 cm³/mol. The molecule has 1 aliphatic heterocycles. The fourth-order valence-corrected chi connectivity index (χ4v) is 2.20. The predicted octanol–water partition coefficient (Wildman–Crippen LogP) is 2.60. The molecule has 0 amide bonds. The third kappa shape index (κ3) is 4.84. The Kier molecular flexibility index (Phi) is 5.26. The molecule has 0 spiro atoms. The van der Waals surface area contributed by atoms with Gasteiger partial charge in [-0.25, -0.2) is 0 Å². The second kappa shape index (κ2) is 6.02. The summed E-state index contributed by atoms with van der Waals surface area (Å²) in [6.45, 7) is 17.9. The van der Waals surface area contributed by atoms with Crippen molar-refractivity contribution in [2.24, 2.45) is 17.3 Å². The van der Waals surface area contributed by atoms with E-state index in [2.05, 4.69) is 44.8 Å². The minimum Gasteiger partial charge on any atom is -0.316 e. The fraction of sp³-hybridized carbons (Fsp3) is 1.00. The van der Waals surface area contributed by atoms with Crippen molar-refractivity contribution < 1.29 is 0 Å². The fourth-order valence-electron chi connectivity index (χ4n) is 2.20. The molecule has 0 aromatic rings. The third-order valence-electron chi connectivity index (χ3n) is 3.90. The first kappa shape index (κ1) is 14.0. The first-order valence-corrected chi connectivity index (χ1v) is 6.82. The zero-order chi connectivity index (χ0) is 12.2. The SMILES string of the molecule is CC1CNCCCN(CC(C)C(C)(C)C)C1. The lowest BCUT2D eigenvalue weighted by Gasteiger charge is -2.35. The van der Waals surface area contributed by atoms with Gasteiger partial charge in [-0.2, -0.15) is 0 Å². The summed E-state index contributed by atoms with van der Waals surface area (Å²) in [5, 5.41) is 3.51. The summed E-state index contributed by atoms with van der Waals surface area (Å²) in [4.78, 5) is 2.67. The molecule has 2 atom stereocenters. The van der Waals surface area contributed by atoms with Gasteiger partial charge in [-0.05, 0) is 43.3 Å². The van der Waals surface area contributed by atoms with Crippen LogP contribution in [0.4, 0.5) is 0 Å². The van der Waals surface area contributed by atoms with Gasteiger partial charge < -0.3 is 10.2 Å². The Morgan fingerprint density at radius 3 is 2.69 bits per heavy atom. The molecule has 96 valence electrons. The Hall–Kier alpha value is -0.0800. The summed E-state index contributed by atoms with van der Waals surface area (Å²) in [6.07, 6.45) is 1.30. The zero-order valence-electron chi connectivity index (χ0n) is 11.8. The van der Waals surface area contributed by atoms with Crippen LogP contribution in [0.1, 0.15) is 41.0 Å². The van der Waals surface area contributed by atoms with Crippen molar-refractivity contribution in [3.63, 3.8) is 0 Å². The van der Waals surface area contributed by atoms with Gasteiger partial charge >= 0.3 is 0 Å². The molecule has 1 rings (SSSR count). The molecule has 1 fully saturated rings. The molecule has 0 saturated carbocycles. The highest BCUT2D eigenvalue weighted by atomic mass is 15.1. The molecule has 2 nitrogen and oxygen atoms in total. The largest absolute Gasteiger partial charge is 0.316 e. The van der Waals surface area contributed by atoms with Gasteiger partial charge in [-0.15, -0.1) is 0 Å². The Morgan fingerprint density at radius 1 is 1.38 bits per heavy atom. The average Bonchev–Trinajstić information content (AvgIpc) is 2.11. The smallest absolute Gasteiger partial charge is 0.00193 e. The van der Waals surface area contributed by atoms with E-state index in [-0.39, 0.29) is 0 Å². The van der Waals surface area contributed by atoms with Crippen LogP contribution in [0.25, 0.3) is 0 Å². The standard InChI is InChI=1S/C14H30N2/c1-12-9-15-7-6-8-16(10-12)11-13(2)14(3,4)5/h12-13,15H,6-11H2,1-5H3. The number of hydrogen-bond acceptors (Lipinski definition) is 2. The topological polar surface area (TPSA) is 15.3 Å². The lowest BCUT2D eigenvalue weighted by atomic mass is 9.81. The van der Waals surface area contributed by atoms with Gasteiger partial charge in [0.2, 0.25) is 0 Å². The number of nitrogens with one attached hydrogen (secondary N) is 1. The van der Waals surface area contributed by atoms with Crippen molar-refractivity contribution in [1.29, 1.82) is 0 Å². The molecule has 0 radical (unpaired) electrons. The Morgan fingerprint density at radius 2 is 2.06 bits per heavy atom. The van der Waals surface area contributed by atoms with E-state index in [1.165, 1.54) is 39.1 Å². The van der Waals surface area contributed by atoms with Gasteiger partial charge in [-0.3, -0.25) is 0 Å². The number of hydrogen-bond donors (Lipinski definition) is 1. The lowest BCUT2D eigenvalue weighted by Crippen LogP contribution is -2.42. The highest BCUT2D eigenvalue weighted by Crippen LogP contribution is 2.26. The van der Waals surface area contributed by atoms with Crippen LogP contribution in [0.2, 0.25) is 0 Å². The lowest BCUT2D eigenvalue weighted by molar-refractivity contribution is 0.139. The summed E-state index contributed by atoms with van der Waals surface area (Å²) < 4.78 is 0. The van der Waals surface area contributed by atoms with Gasteiger partial charge in [0.25, 0.3) is 0 Å². The van der Waals surface area contributed by atoms with Crippen LogP contribution in [0, 0.1) is 17.3 Å². The first-order chi connectivity index (χ1) is 7.39. The van der Waals surface area contributed by atoms with Crippen molar-refractivity contribution >= 4 is 0 Å². The third-order valence-corrected chi connectivity index (χ3v) is 3.90. The van der Waals surface area contributed by atoms with E-state index >= 15 is 0 Å². The Labute approximate surface area is 102 Å². The minimum atomic E-state index is 0.434. The molecular formula is C14H30N2. The summed E-state index contributed by atoms with van der Waals surface area (Å²) in [7, 11) is 0. The van der Waals surface area contributed by atoms with Gasteiger partial charge in [0.1, 0.15) is 0 Å². The van der Waals surface area contributed by atoms with Crippen LogP contribution >= 0.6 is 0 Å². The minimum absolute atomic E-state index is 0.434. The summed E-state index contributed by atoms with van der Waals surface area (Å²) in [5.74, 6) is 1.56. The normalized spacial score (nSPS) is 27.2. The molecule has 16 heavy (non-hydrogen) atoms. The van der Waals surface area contributed by atoms with Crippen LogP contribution in [0.15, 0.2) is 0 Å². The van der Waals surface area contributed by atoms with E-state index in [1.807, 2.05) is 0 Å². The van der Waals surface area contributed by atoms with E-state index in [9.17, 15) is 0 Å². The quantitative estimate of drug-likeness (QED) is 0.778. The van der Waals surface area contributed by atoms with Gasteiger partial charge in [0, 0.05) is 13.1 Å². The van der Waals surface area contributed by atoms with Crippen LogP contribution in [0.3, 0.4) is 0 Å². The van der Waals surface area contributed by atoms with Crippen molar-refractivity contribution in [2.45, 2.75) is 41.0 Å². The maximum absolute atomic E-state index is 3.51. The van der Waals surface area contributed by atoms with E-state index in [4.69, 9.17) is 0 Å². The molecule has 1 saturated heterocycles. The molecule has 0 aliphatic carbocycles. The maximum atomic E-state index is 3.51. The molecule has 2 heteroatoms. The molecule has 0 aromatic heterocycles. The van der Waals surface area contributed by atoms with E-state index < -0.39 is 0 Å². The van der Waals surface area contributed by atoms with Gasteiger partial charge in [0.15, 0.2) is 0 Å². The molecule has 0 aromatic carbocycles. The zero-order valence-corrected chi connectivity index (χ0v) is 11.8. The molecular weight excluding hydrogens is 196 g/mol. The van der Waals surface area contributed by atoms with Crippen LogP contribution in [-0.2, 0) is 0 Å². The van der Waals surface area contributed by atoms with Crippen LogP contribution < -0.4 is 5.32 Å². The molecule has 1 aliphatic rings. The van der Waals surface area contributed by atoms with E-state index in [0.717, 1.165) is 11.8 Å². The van der Waals surface area contributed by atoms with E-state index in [1.54, 1.807) is 0 Å². The van der Waals surface area contributed by atoms with Crippen molar-refractivity contribution in [3.05, 3.63) is 0 Å². The van der Waals surface area contributed by atoms with Gasteiger partial charge in [0.05, 0.1) is 0 Å². The summed E-state index contributed by atoms with van der Waals surface area (Å²) >= 11 is 0. The summed E-state index contributed by atoms with van der Waals surface area (Å²) in [5.41, 5.74) is 0.434. The second-order valence-corrected chi connectivity index (χ2v) is 6.69.